The third kappa shape index (κ3) is 1.58. The van der Waals surface area contributed by atoms with Crippen molar-refractivity contribution < 1.29 is 4.74 Å². The Hall–Kier alpha value is -0.870. The van der Waals surface area contributed by atoms with Gasteiger partial charge in [-0.05, 0) is 13.3 Å². The molecule has 2 bridgehead atoms. The Balaban J connectivity index is 1.93. The average Bonchev–Trinajstić information content (AvgIpc) is 2.76. The lowest BCUT2D eigenvalue weighted by molar-refractivity contribution is 0.0989. The molecule has 0 spiro atoms. The number of fused-ring (bicyclic) bond motifs is 2. The van der Waals surface area contributed by atoms with Crippen LogP contribution in [0.15, 0.2) is 6.07 Å². The molecule has 0 aliphatic carbocycles. The van der Waals surface area contributed by atoms with Gasteiger partial charge in [0.1, 0.15) is 16.8 Å². The van der Waals surface area contributed by atoms with Crippen molar-refractivity contribution in [1.29, 1.82) is 0 Å². The molecule has 2 aliphatic rings. The summed E-state index contributed by atoms with van der Waals surface area (Å²) in [7, 11) is 0. The van der Waals surface area contributed by atoms with Crippen LogP contribution in [0.2, 0.25) is 5.15 Å². The summed E-state index contributed by atoms with van der Waals surface area (Å²) in [4.78, 5) is 10.7. The number of rotatable bonds is 1. The molecule has 4 nitrogen and oxygen atoms in total. The van der Waals surface area contributed by atoms with Gasteiger partial charge in [0.05, 0.1) is 18.8 Å². The number of halogens is 1. The summed E-state index contributed by atoms with van der Waals surface area (Å²) >= 11 is 5.92. The zero-order chi connectivity index (χ0) is 10.4. The largest absolute Gasteiger partial charge is 0.374 e. The summed E-state index contributed by atoms with van der Waals surface area (Å²) in [6.07, 6.45) is 1.49. The molecule has 5 heteroatoms. The summed E-state index contributed by atoms with van der Waals surface area (Å²) in [6, 6.07) is 2.30. The van der Waals surface area contributed by atoms with Gasteiger partial charge in [0.2, 0.25) is 0 Å². The molecular formula is C10H12ClN3O. The molecule has 80 valence electrons. The van der Waals surface area contributed by atoms with Gasteiger partial charge in [-0.2, -0.15) is 0 Å². The molecule has 2 atom stereocenters. The van der Waals surface area contributed by atoms with E-state index in [1.54, 1.807) is 0 Å². The molecule has 1 aromatic rings. The topological polar surface area (TPSA) is 38.2 Å². The number of anilines is 1. The van der Waals surface area contributed by atoms with Crippen LogP contribution in [0.5, 0.6) is 0 Å². The molecule has 1 aromatic heterocycles. The molecular weight excluding hydrogens is 214 g/mol. The fourth-order valence-corrected chi connectivity index (χ4v) is 2.56. The van der Waals surface area contributed by atoms with Crippen molar-refractivity contribution in [3.63, 3.8) is 0 Å². The maximum atomic E-state index is 5.92. The highest BCUT2D eigenvalue weighted by molar-refractivity contribution is 6.29. The number of ether oxygens (including phenoxy) is 1. The van der Waals surface area contributed by atoms with Crippen LogP contribution in [0, 0.1) is 6.92 Å². The minimum absolute atomic E-state index is 0.379. The first-order valence-corrected chi connectivity index (χ1v) is 5.49. The molecule has 0 N–H and O–H groups in total. The van der Waals surface area contributed by atoms with Gasteiger partial charge >= 0.3 is 0 Å². The monoisotopic (exact) mass is 225 g/mol. The Morgan fingerprint density at radius 2 is 2.40 bits per heavy atom. The standard InChI is InChI=1S/C10H12ClN3O/c1-6-12-9(11)3-10(13-6)14-4-8-2-7(14)5-15-8/h3,7-8H,2,4-5H2,1H3/t7-,8+/m0/s1. The lowest BCUT2D eigenvalue weighted by Gasteiger charge is -2.27. The Labute approximate surface area is 93.2 Å². The second-order valence-electron chi connectivity index (χ2n) is 4.09. The molecule has 3 rings (SSSR count). The predicted molar refractivity (Wildman–Crippen MR) is 57.3 cm³/mol. The molecule has 2 fully saturated rings. The Morgan fingerprint density at radius 3 is 3.00 bits per heavy atom. The lowest BCUT2D eigenvalue weighted by atomic mass is 10.2. The Kier molecular flexibility index (Phi) is 2.07. The van der Waals surface area contributed by atoms with Gasteiger partial charge in [-0.1, -0.05) is 11.6 Å². The van der Waals surface area contributed by atoms with Crippen LogP contribution in [0.3, 0.4) is 0 Å². The van der Waals surface area contributed by atoms with E-state index in [1.807, 2.05) is 13.0 Å². The van der Waals surface area contributed by atoms with E-state index in [0.29, 0.717) is 17.3 Å². The van der Waals surface area contributed by atoms with Crippen molar-refractivity contribution in [1.82, 2.24) is 9.97 Å². The third-order valence-electron chi connectivity index (χ3n) is 2.99. The predicted octanol–water partition coefficient (Wildman–Crippen LogP) is 1.42. The van der Waals surface area contributed by atoms with Crippen LogP contribution in [0.4, 0.5) is 5.82 Å². The molecule has 0 amide bonds. The van der Waals surface area contributed by atoms with Crippen LogP contribution in [-0.4, -0.2) is 35.3 Å². The van der Waals surface area contributed by atoms with Crippen molar-refractivity contribution in [2.75, 3.05) is 18.1 Å². The van der Waals surface area contributed by atoms with Gasteiger partial charge in [0.15, 0.2) is 0 Å². The van der Waals surface area contributed by atoms with Gasteiger partial charge < -0.3 is 9.64 Å². The van der Waals surface area contributed by atoms with E-state index in [2.05, 4.69) is 14.9 Å². The summed E-state index contributed by atoms with van der Waals surface area (Å²) in [5, 5.41) is 0.515. The van der Waals surface area contributed by atoms with Crippen molar-refractivity contribution in [3.8, 4) is 0 Å². The zero-order valence-corrected chi connectivity index (χ0v) is 9.24. The summed E-state index contributed by atoms with van der Waals surface area (Å²) in [5.74, 6) is 1.66. The Bertz CT molecular complexity index is 378. The fourth-order valence-electron chi connectivity index (χ4n) is 2.34. The highest BCUT2D eigenvalue weighted by atomic mass is 35.5. The molecule has 0 unspecified atom stereocenters. The third-order valence-corrected chi connectivity index (χ3v) is 3.18. The van der Waals surface area contributed by atoms with Crippen LogP contribution >= 0.6 is 11.6 Å². The summed E-state index contributed by atoms with van der Waals surface area (Å²) < 4.78 is 5.55. The van der Waals surface area contributed by atoms with Crippen LogP contribution in [-0.2, 0) is 4.74 Å². The molecule has 3 heterocycles. The maximum absolute atomic E-state index is 5.92. The quantitative estimate of drug-likeness (QED) is 0.678. The van der Waals surface area contributed by atoms with Crippen molar-refractivity contribution in [3.05, 3.63) is 17.0 Å². The molecule has 2 aliphatic heterocycles. The van der Waals surface area contributed by atoms with Gasteiger partial charge in [0, 0.05) is 12.6 Å². The fraction of sp³-hybridized carbons (Fsp3) is 0.600. The highest BCUT2D eigenvalue weighted by Gasteiger charge is 2.39. The zero-order valence-electron chi connectivity index (χ0n) is 8.48. The number of aromatic nitrogens is 2. The molecule has 2 saturated heterocycles. The van der Waals surface area contributed by atoms with Gasteiger partial charge in [-0.15, -0.1) is 0 Å². The first kappa shape index (κ1) is 9.36. The molecule has 0 saturated carbocycles. The van der Waals surface area contributed by atoms with Crippen LogP contribution in [0.25, 0.3) is 0 Å². The minimum Gasteiger partial charge on any atom is -0.374 e. The highest BCUT2D eigenvalue weighted by Crippen LogP contribution is 2.32. The SMILES string of the molecule is Cc1nc(Cl)cc(N2C[C@H]3C[C@H]2CO3)n1. The van der Waals surface area contributed by atoms with Crippen LogP contribution in [0.1, 0.15) is 12.2 Å². The lowest BCUT2D eigenvalue weighted by Crippen LogP contribution is -2.37. The maximum Gasteiger partial charge on any atom is 0.134 e. The minimum atomic E-state index is 0.379. The molecule has 0 aromatic carbocycles. The van der Waals surface area contributed by atoms with Crippen molar-refractivity contribution in [2.45, 2.75) is 25.5 Å². The van der Waals surface area contributed by atoms with E-state index in [0.717, 1.165) is 31.2 Å². The second-order valence-corrected chi connectivity index (χ2v) is 4.48. The smallest absolute Gasteiger partial charge is 0.134 e. The molecule has 15 heavy (non-hydrogen) atoms. The number of nitrogens with zero attached hydrogens (tertiary/aromatic N) is 3. The van der Waals surface area contributed by atoms with Gasteiger partial charge in [0.25, 0.3) is 0 Å². The van der Waals surface area contributed by atoms with Gasteiger partial charge in [-0.25, -0.2) is 9.97 Å². The number of hydrogen-bond donors (Lipinski definition) is 0. The van der Waals surface area contributed by atoms with E-state index in [-0.39, 0.29) is 0 Å². The summed E-state index contributed by atoms with van der Waals surface area (Å²) in [5.41, 5.74) is 0. The molecule has 0 radical (unpaired) electrons. The average molecular weight is 226 g/mol. The second kappa shape index (κ2) is 3.32. The summed E-state index contributed by atoms with van der Waals surface area (Å²) in [6.45, 7) is 3.60. The van der Waals surface area contributed by atoms with E-state index >= 15 is 0 Å². The number of hydrogen-bond acceptors (Lipinski definition) is 4. The van der Waals surface area contributed by atoms with Gasteiger partial charge in [-0.3, -0.25) is 0 Å². The first-order valence-electron chi connectivity index (χ1n) is 5.12. The van der Waals surface area contributed by atoms with Crippen molar-refractivity contribution in [2.24, 2.45) is 0 Å². The van der Waals surface area contributed by atoms with E-state index in [1.165, 1.54) is 0 Å². The van der Waals surface area contributed by atoms with Crippen molar-refractivity contribution >= 4 is 17.4 Å². The Morgan fingerprint density at radius 1 is 1.53 bits per heavy atom. The van der Waals surface area contributed by atoms with E-state index in [4.69, 9.17) is 16.3 Å². The normalized spacial score (nSPS) is 28.8. The number of aryl methyl sites for hydroxylation is 1. The number of morpholine rings is 1. The van der Waals surface area contributed by atoms with E-state index in [9.17, 15) is 0 Å². The van der Waals surface area contributed by atoms with E-state index < -0.39 is 0 Å². The first-order chi connectivity index (χ1) is 7.22. The van der Waals surface area contributed by atoms with Crippen LogP contribution < -0.4 is 4.90 Å².